The fourth-order valence-electron chi connectivity index (χ4n) is 1.83. The Labute approximate surface area is 118 Å². The van der Waals surface area contributed by atoms with E-state index < -0.39 is 5.97 Å². The molecule has 0 heterocycles. The van der Waals surface area contributed by atoms with Crippen molar-refractivity contribution in [3.05, 3.63) is 41.5 Å². The number of nitrogens with one attached hydrogen (secondary N) is 1. The van der Waals surface area contributed by atoms with Crippen molar-refractivity contribution < 1.29 is 14.7 Å². The second-order valence-corrected chi connectivity index (χ2v) is 4.54. The third kappa shape index (κ3) is 6.15. The van der Waals surface area contributed by atoms with Gasteiger partial charge in [0.2, 0.25) is 5.91 Å². The van der Waals surface area contributed by atoms with Crippen LogP contribution < -0.4 is 5.32 Å². The number of benzene rings is 1. The van der Waals surface area contributed by atoms with Crippen LogP contribution in [0.15, 0.2) is 30.3 Å². The molecule has 1 aromatic carbocycles. The van der Waals surface area contributed by atoms with Crippen LogP contribution in [0, 0.1) is 0 Å². The highest BCUT2D eigenvalue weighted by molar-refractivity contribution is 5.85. The lowest BCUT2D eigenvalue weighted by molar-refractivity contribution is -0.131. The molecule has 2 N–H and O–H groups in total. The molecule has 20 heavy (non-hydrogen) atoms. The Morgan fingerprint density at radius 3 is 2.80 bits per heavy atom. The number of carbonyl (C=O) groups is 2. The van der Waals surface area contributed by atoms with Crippen molar-refractivity contribution in [2.75, 3.05) is 20.1 Å². The van der Waals surface area contributed by atoms with E-state index in [0.717, 1.165) is 17.2 Å². The van der Waals surface area contributed by atoms with Crippen LogP contribution in [0.2, 0.25) is 0 Å². The van der Waals surface area contributed by atoms with Crippen molar-refractivity contribution in [3.63, 3.8) is 0 Å². The number of nitrogens with zero attached hydrogens (tertiary/aromatic N) is 1. The molecule has 0 bridgehead atoms. The summed E-state index contributed by atoms with van der Waals surface area (Å²) >= 11 is 0. The Balaban J connectivity index is 2.61. The van der Waals surface area contributed by atoms with Crippen molar-refractivity contribution in [2.24, 2.45) is 0 Å². The summed E-state index contributed by atoms with van der Waals surface area (Å²) in [6.07, 6.45) is 2.66. The maximum atomic E-state index is 11.5. The minimum Gasteiger partial charge on any atom is -0.478 e. The lowest BCUT2D eigenvalue weighted by atomic mass is 10.1. The third-order valence-electron chi connectivity index (χ3n) is 2.61. The van der Waals surface area contributed by atoms with Gasteiger partial charge in [-0.2, -0.15) is 0 Å². The average molecular weight is 276 g/mol. The van der Waals surface area contributed by atoms with Crippen molar-refractivity contribution >= 4 is 18.0 Å². The molecule has 0 atom stereocenters. The zero-order valence-electron chi connectivity index (χ0n) is 11.8. The van der Waals surface area contributed by atoms with Gasteiger partial charge in [0.25, 0.3) is 0 Å². The first-order valence-corrected chi connectivity index (χ1v) is 6.46. The average Bonchev–Trinajstić information content (AvgIpc) is 2.36. The number of hydrogen-bond donors (Lipinski definition) is 2. The van der Waals surface area contributed by atoms with Gasteiger partial charge in [-0.15, -0.1) is 0 Å². The fourth-order valence-corrected chi connectivity index (χ4v) is 1.83. The standard InChI is InChI=1S/C15H20N2O3/c1-3-16-14(18)11-17(2)10-13-6-4-5-12(9-13)7-8-15(19)20/h4-9H,3,10-11H2,1-2H3,(H,16,18)(H,19,20). The minimum atomic E-state index is -0.969. The monoisotopic (exact) mass is 276 g/mol. The molecule has 0 aliphatic rings. The molecular weight excluding hydrogens is 256 g/mol. The first kappa shape index (κ1) is 15.9. The highest BCUT2D eigenvalue weighted by Crippen LogP contribution is 2.09. The van der Waals surface area contributed by atoms with Gasteiger partial charge in [-0.1, -0.05) is 24.3 Å². The van der Waals surface area contributed by atoms with Crippen LogP contribution in [0.3, 0.4) is 0 Å². The van der Waals surface area contributed by atoms with Crippen LogP contribution in [0.1, 0.15) is 18.1 Å². The summed E-state index contributed by atoms with van der Waals surface area (Å²) < 4.78 is 0. The second kappa shape index (κ2) is 8.12. The zero-order chi connectivity index (χ0) is 15.0. The van der Waals surface area contributed by atoms with Gasteiger partial charge in [0.15, 0.2) is 0 Å². The Bertz CT molecular complexity index is 498. The van der Waals surface area contributed by atoms with Gasteiger partial charge in [0.1, 0.15) is 0 Å². The van der Waals surface area contributed by atoms with Gasteiger partial charge < -0.3 is 10.4 Å². The molecule has 0 unspecified atom stereocenters. The summed E-state index contributed by atoms with van der Waals surface area (Å²) in [6.45, 7) is 3.48. The van der Waals surface area contributed by atoms with E-state index in [4.69, 9.17) is 5.11 Å². The summed E-state index contributed by atoms with van der Waals surface area (Å²) in [4.78, 5) is 23.8. The number of rotatable bonds is 7. The summed E-state index contributed by atoms with van der Waals surface area (Å²) in [5.74, 6) is -0.972. The Hall–Kier alpha value is -2.14. The molecule has 5 nitrogen and oxygen atoms in total. The lowest BCUT2D eigenvalue weighted by Crippen LogP contribution is -2.34. The molecule has 0 saturated carbocycles. The SMILES string of the molecule is CCNC(=O)CN(C)Cc1cccc(C=CC(=O)O)c1. The molecule has 1 rings (SSSR count). The maximum absolute atomic E-state index is 11.5. The summed E-state index contributed by atoms with van der Waals surface area (Å²) in [5.41, 5.74) is 1.86. The molecule has 0 spiro atoms. The summed E-state index contributed by atoms with van der Waals surface area (Å²) in [6, 6.07) is 7.57. The Morgan fingerprint density at radius 1 is 1.40 bits per heavy atom. The number of carboxylic acid groups (broad SMARTS) is 1. The highest BCUT2D eigenvalue weighted by Gasteiger charge is 2.06. The number of likely N-dealkylation sites (N-methyl/N-ethyl adjacent to an activating group) is 2. The molecule has 0 aromatic heterocycles. The highest BCUT2D eigenvalue weighted by atomic mass is 16.4. The van der Waals surface area contributed by atoms with Crippen molar-refractivity contribution in [2.45, 2.75) is 13.5 Å². The number of amides is 1. The van der Waals surface area contributed by atoms with E-state index in [9.17, 15) is 9.59 Å². The number of carbonyl (C=O) groups excluding carboxylic acids is 1. The predicted octanol–water partition coefficient (Wildman–Crippen LogP) is 1.35. The molecule has 1 amide bonds. The smallest absolute Gasteiger partial charge is 0.328 e. The van der Waals surface area contributed by atoms with Crippen molar-refractivity contribution in [1.29, 1.82) is 0 Å². The van der Waals surface area contributed by atoms with Crippen LogP contribution in [0.25, 0.3) is 6.08 Å². The van der Waals surface area contributed by atoms with E-state index in [1.54, 1.807) is 6.08 Å². The van der Waals surface area contributed by atoms with Crippen LogP contribution in [0.4, 0.5) is 0 Å². The summed E-state index contributed by atoms with van der Waals surface area (Å²) in [5, 5.41) is 11.3. The van der Waals surface area contributed by atoms with Crippen LogP contribution >= 0.6 is 0 Å². The quantitative estimate of drug-likeness (QED) is 0.738. The predicted molar refractivity (Wildman–Crippen MR) is 78.1 cm³/mol. The molecule has 108 valence electrons. The van der Waals surface area contributed by atoms with Crippen molar-refractivity contribution in [3.8, 4) is 0 Å². The minimum absolute atomic E-state index is 0.00284. The molecule has 0 saturated heterocycles. The van der Waals surface area contributed by atoms with Crippen LogP contribution in [0.5, 0.6) is 0 Å². The van der Waals surface area contributed by atoms with E-state index in [0.29, 0.717) is 19.6 Å². The molecule has 5 heteroatoms. The van der Waals surface area contributed by atoms with Crippen LogP contribution in [-0.4, -0.2) is 42.0 Å². The second-order valence-electron chi connectivity index (χ2n) is 4.54. The number of carboxylic acids is 1. The first-order chi connectivity index (χ1) is 9.51. The van der Waals surface area contributed by atoms with Gasteiger partial charge in [-0.25, -0.2) is 4.79 Å². The lowest BCUT2D eigenvalue weighted by Gasteiger charge is -2.16. The zero-order valence-corrected chi connectivity index (χ0v) is 11.8. The maximum Gasteiger partial charge on any atom is 0.328 e. The van der Waals surface area contributed by atoms with Gasteiger partial charge in [-0.05, 0) is 31.2 Å². The summed E-state index contributed by atoms with van der Waals surface area (Å²) in [7, 11) is 1.87. The van der Waals surface area contributed by atoms with Gasteiger partial charge in [0, 0.05) is 19.2 Å². The number of aliphatic carboxylic acids is 1. The Morgan fingerprint density at radius 2 is 2.15 bits per heavy atom. The van der Waals surface area contributed by atoms with Crippen molar-refractivity contribution in [1.82, 2.24) is 10.2 Å². The van der Waals surface area contributed by atoms with Gasteiger partial charge in [0.05, 0.1) is 6.54 Å². The number of hydrogen-bond acceptors (Lipinski definition) is 3. The molecule has 1 aromatic rings. The molecule has 0 radical (unpaired) electrons. The van der Waals surface area contributed by atoms with Gasteiger partial charge >= 0.3 is 5.97 Å². The topological polar surface area (TPSA) is 69.6 Å². The van der Waals surface area contributed by atoms with Gasteiger partial charge in [-0.3, -0.25) is 9.69 Å². The molecule has 0 fully saturated rings. The molecule has 0 aliphatic heterocycles. The van der Waals surface area contributed by atoms with E-state index in [-0.39, 0.29) is 5.91 Å². The first-order valence-electron chi connectivity index (χ1n) is 6.46. The molecule has 0 aliphatic carbocycles. The molecular formula is C15H20N2O3. The van der Waals surface area contributed by atoms with Crippen LogP contribution in [-0.2, 0) is 16.1 Å². The normalized spacial score (nSPS) is 10.9. The Kier molecular flexibility index (Phi) is 6.46. The van der Waals surface area contributed by atoms with E-state index in [2.05, 4.69) is 5.32 Å². The fraction of sp³-hybridized carbons (Fsp3) is 0.333. The van der Waals surface area contributed by atoms with E-state index >= 15 is 0 Å². The third-order valence-corrected chi connectivity index (χ3v) is 2.61. The van der Waals surface area contributed by atoms with E-state index in [1.165, 1.54) is 0 Å². The largest absolute Gasteiger partial charge is 0.478 e. The van der Waals surface area contributed by atoms with E-state index in [1.807, 2.05) is 43.1 Å².